The van der Waals surface area contributed by atoms with Crippen LogP contribution in [0.2, 0.25) is 0 Å². The molecule has 1 heterocycles. The van der Waals surface area contributed by atoms with Crippen LogP contribution >= 0.6 is 0 Å². The van der Waals surface area contributed by atoms with E-state index < -0.39 is 11.6 Å². The van der Waals surface area contributed by atoms with Gasteiger partial charge in [0.05, 0.1) is 0 Å². The molecule has 0 unspecified atom stereocenters. The minimum Gasteiger partial charge on any atom is -0.447 e. The third-order valence-electron chi connectivity index (χ3n) is 2.56. The Bertz CT molecular complexity index is 237. The van der Waals surface area contributed by atoms with Crippen molar-refractivity contribution in [2.24, 2.45) is 5.92 Å². The maximum atomic E-state index is 11.6. The molecule has 1 atom stereocenters. The number of ketones is 1. The van der Waals surface area contributed by atoms with Crippen molar-refractivity contribution in [1.29, 1.82) is 0 Å². The zero-order chi connectivity index (χ0) is 10.1. The summed E-state index contributed by atoms with van der Waals surface area (Å²) in [5, 5.41) is 2.61. The number of carbonyl (C=O) groups excluding carboxylic acids is 2. The highest BCUT2D eigenvalue weighted by molar-refractivity contribution is 5.93. The summed E-state index contributed by atoms with van der Waals surface area (Å²) < 4.78 is 4.78. The third kappa shape index (κ3) is 1.53. The lowest BCUT2D eigenvalue weighted by molar-refractivity contribution is -0.126. The fourth-order valence-corrected chi connectivity index (χ4v) is 1.53. The van der Waals surface area contributed by atoms with Crippen molar-refractivity contribution in [2.75, 3.05) is 6.61 Å². The summed E-state index contributed by atoms with van der Waals surface area (Å²) in [6.45, 7) is 5.76. The molecule has 0 aromatic heterocycles. The lowest BCUT2D eigenvalue weighted by atomic mass is 9.82. The number of carbonyl (C=O) groups is 2. The first-order chi connectivity index (χ1) is 6.03. The summed E-state index contributed by atoms with van der Waals surface area (Å²) in [6.07, 6.45) is -0.0718. The molecule has 0 bridgehead atoms. The van der Waals surface area contributed by atoms with Crippen molar-refractivity contribution in [3.05, 3.63) is 0 Å². The topological polar surface area (TPSA) is 55.4 Å². The van der Waals surface area contributed by atoms with E-state index in [-0.39, 0.29) is 18.3 Å². The van der Waals surface area contributed by atoms with E-state index >= 15 is 0 Å². The van der Waals surface area contributed by atoms with Crippen LogP contribution < -0.4 is 5.32 Å². The maximum absolute atomic E-state index is 11.6. The Morgan fingerprint density at radius 1 is 1.69 bits per heavy atom. The van der Waals surface area contributed by atoms with Gasteiger partial charge in [0.1, 0.15) is 12.1 Å². The van der Waals surface area contributed by atoms with Crippen LogP contribution in [0.5, 0.6) is 0 Å². The molecule has 0 saturated carbocycles. The fourth-order valence-electron chi connectivity index (χ4n) is 1.53. The van der Waals surface area contributed by atoms with E-state index in [1.54, 1.807) is 6.92 Å². The van der Waals surface area contributed by atoms with Gasteiger partial charge < -0.3 is 10.1 Å². The van der Waals surface area contributed by atoms with Crippen LogP contribution in [0.25, 0.3) is 0 Å². The average molecular weight is 185 g/mol. The summed E-state index contributed by atoms with van der Waals surface area (Å²) in [7, 11) is 0. The van der Waals surface area contributed by atoms with Crippen LogP contribution in [0.15, 0.2) is 0 Å². The molecule has 4 heteroatoms. The van der Waals surface area contributed by atoms with Gasteiger partial charge in [-0.05, 0) is 5.92 Å². The molecular weight excluding hydrogens is 170 g/mol. The minimum absolute atomic E-state index is 0.0355. The normalized spacial score (nSPS) is 27.2. The van der Waals surface area contributed by atoms with Crippen LogP contribution in [0.1, 0.15) is 27.2 Å². The largest absolute Gasteiger partial charge is 0.447 e. The number of cyclic esters (lactones) is 1. The third-order valence-corrected chi connectivity index (χ3v) is 2.56. The molecular formula is C9H15NO3. The van der Waals surface area contributed by atoms with Crippen molar-refractivity contribution in [3.63, 3.8) is 0 Å². The molecule has 0 aliphatic carbocycles. The van der Waals surface area contributed by atoms with Gasteiger partial charge in [0.15, 0.2) is 5.78 Å². The molecule has 1 saturated heterocycles. The minimum atomic E-state index is -0.786. The SMILES string of the molecule is CCC(=O)[C@@]1(C(C)C)COC(=O)N1. The zero-order valence-electron chi connectivity index (χ0n) is 8.22. The first kappa shape index (κ1) is 10.0. The van der Waals surface area contributed by atoms with Crippen LogP contribution in [0, 0.1) is 5.92 Å². The Balaban J connectivity index is 2.89. The summed E-state index contributed by atoms with van der Waals surface area (Å²) in [4.78, 5) is 22.5. The number of rotatable bonds is 3. The summed E-state index contributed by atoms with van der Waals surface area (Å²) in [6, 6.07) is 0. The Hall–Kier alpha value is -1.06. The molecule has 1 N–H and O–H groups in total. The molecule has 1 fully saturated rings. The molecule has 0 spiro atoms. The van der Waals surface area contributed by atoms with Gasteiger partial charge in [0, 0.05) is 6.42 Å². The van der Waals surface area contributed by atoms with Gasteiger partial charge in [-0.1, -0.05) is 20.8 Å². The lowest BCUT2D eigenvalue weighted by Crippen LogP contribution is -2.54. The molecule has 0 radical (unpaired) electrons. The Morgan fingerprint density at radius 2 is 2.31 bits per heavy atom. The highest BCUT2D eigenvalue weighted by Gasteiger charge is 2.47. The van der Waals surface area contributed by atoms with E-state index in [0.29, 0.717) is 6.42 Å². The van der Waals surface area contributed by atoms with Crippen LogP contribution in [0.3, 0.4) is 0 Å². The van der Waals surface area contributed by atoms with E-state index in [4.69, 9.17) is 4.74 Å². The molecule has 0 aromatic carbocycles. The maximum Gasteiger partial charge on any atom is 0.408 e. The molecule has 13 heavy (non-hydrogen) atoms. The van der Waals surface area contributed by atoms with Gasteiger partial charge in [-0.25, -0.2) is 4.79 Å². The van der Waals surface area contributed by atoms with E-state index in [2.05, 4.69) is 5.32 Å². The van der Waals surface area contributed by atoms with Gasteiger partial charge in [0.2, 0.25) is 0 Å². The molecule has 74 valence electrons. The summed E-state index contributed by atoms with van der Waals surface area (Å²) in [5.41, 5.74) is -0.786. The molecule has 1 rings (SSSR count). The molecule has 0 aromatic rings. The first-order valence-corrected chi connectivity index (χ1v) is 4.51. The predicted molar refractivity (Wildman–Crippen MR) is 47.4 cm³/mol. The number of Topliss-reactive ketones (excluding diaryl/α,β-unsaturated/α-hetero) is 1. The molecule has 1 aliphatic rings. The Kier molecular flexibility index (Phi) is 2.59. The number of ether oxygens (including phenoxy) is 1. The van der Waals surface area contributed by atoms with Gasteiger partial charge in [-0.3, -0.25) is 4.79 Å². The molecule has 1 aliphatic heterocycles. The highest BCUT2D eigenvalue weighted by Crippen LogP contribution is 2.24. The van der Waals surface area contributed by atoms with Crippen molar-refractivity contribution in [2.45, 2.75) is 32.7 Å². The zero-order valence-corrected chi connectivity index (χ0v) is 8.22. The van der Waals surface area contributed by atoms with Crippen LogP contribution in [-0.4, -0.2) is 24.0 Å². The van der Waals surface area contributed by atoms with Crippen molar-refractivity contribution >= 4 is 11.9 Å². The second-order valence-electron chi connectivity index (χ2n) is 3.60. The van der Waals surface area contributed by atoms with Crippen molar-refractivity contribution in [1.82, 2.24) is 5.32 Å². The van der Waals surface area contributed by atoms with Crippen LogP contribution in [-0.2, 0) is 9.53 Å². The standard InChI is InChI=1S/C9H15NO3/c1-4-7(11)9(6(2)3)5-13-8(12)10-9/h6H,4-5H2,1-3H3,(H,10,12)/t9-/m0/s1. The van der Waals surface area contributed by atoms with Gasteiger partial charge >= 0.3 is 6.09 Å². The summed E-state index contributed by atoms with van der Waals surface area (Å²) >= 11 is 0. The number of nitrogens with one attached hydrogen (secondary N) is 1. The number of alkyl carbamates (subject to hydrolysis) is 1. The van der Waals surface area contributed by atoms with Crippen molar-refractivity contribution < 1.29 is 14.3 Å². The smallest absolute Gasteiger partial charge is 0.408 e. The lowest BCUT2D eigenvalue weighted by Gasteiger charge is -2.28. The summed E-state index contributed by atoms with van der Waals surface area (Å²) in [5.74, 6) is 0.0970. The van der Waals surface area contributed by atoms with Crippen LogP contribution in [0.4, 0.5) is 4.79 Å². The first-order valence-electron chi connectivity index (χ1n) is 4.51. The van der Waals surface area contributed by atoms with E-state index in [0.717, 1.165) is 0 Å². The van der Waals surface area contributed by atoms with E-state index in [9.17, 15) is 9.59 Å². The highest BCUT2D eigenvalue weighted by atomic mass is 16.6. The second kappa shape index (κ2) is 3.36. The Labute approximate surface area is 77.6 Å². The second-order valence-corrected chi connectivity index (χ2v) is 3.60. The van der Waals surface area contributed by atoms with Gasteiger partial charge in [-0.2, -0.15) is 0 Å². The quantitative estimate of drug-likeness (QED) is 0.716. The van der Waals surface area contributed by atoms with E-state index in [1.807, 2.05) is 13.8 Å². The monoisotopic (exact) mass is 185 g/mol. The molecule has 4 nitrogen and oxygen atoms in total. The predicted octanol–water partition coefficient (Wildman–Crippen LogP) is 1.10. The number of amides is 1. The average Bonchev–Trinajstić information content (AvgIpc) is 2.47. The van der Waals surface area contributed by atoms with Crippen molar-refractivity contribution in [3.8, 4) is 0 Å². The number of hydrogen-bond acceptors (Lipinski definition) is 3. The Morgan fingerprint density at radius 3 is 2.62 bits per heavy atom. The fraction of sp³-hybridized carbons (Fsp3) is 0.778. The van der Waals surface area contributed by atoms with E-state index in [1.165, 1.54) is 0 Å². The van der Waals surface area contributed by atoms with Gasteiger partial charge in [-0.15, -0.1) is 0 Å². The number of hydrogen-bond donors (Lipinski definition) is 1. The molecule has 1 amide bonds. The van der Waals surface area contributed by atoms with Gasteiger partial charge in [0.25, 0.3) is 0 Å².